The molecule has 2 rings (SSSR count). The highest BCUT2D eigenvalue weighted by molar-refractivity contribution is 5.72. The van der Waals surface area contributed by atoms with E-state index in [0.717, 1.165) is 11.4 Å². The van der Waals surface area contributed by atoms with Gasteiger partial charge >= 0.3 is 0 Å². The number of nitrogen functional groups attached to an aromatic ring is 1. The largest absolute Gasteiger partial charge is 0.476 e. The van der Waals surface area contributed by atoms with Gasteiger partial charge in [0.2, 0.25) is 5.88 Å². The number of rotatable bonds is 4. The fourth-order valence-electron chi connectivity index (χ4n) is 1.58. The van der Waals surface area contributed by atoms with Crippen LogP contribution >= 0.6 is 0 Å². The maximum absolute atomic E-state index is 5.93. The van der Waals surface area contributed by atoms with Crippen LogP contribution in [-0.4, -0.2) is 26.4 Å². The lowest BCUT2D eigenvalue weighted by molar-refractivity contribution is 0.328. The first-order chi connectivity index (χ1) is 8.61. The SMILES string of the molecule is CCOc1ncnc(Nc2cn(C)nc2C)c1N. The van der Waals surface area contributed by atoms with E-state index in [2.05, 4.69) is 20.4 Å². The molecule has 2 heterocycles. The van der Waals surface area contributed by atoms with Crippen LogP contribution in [0.3, 0.4) is 0 Å². The Labute approximate surface area is 105 Å². The van der Waals surface area contributed by atoms with Gasteiger partial charge in [-0.25, -0.2) is 4.98 Å². The van der Waals surface area contributed by atoms with E-state index in [-0.39, 0.29) is 0 Å². The summed E-state index contributed by atoms with van der Waals surface area (Å²) in [6.07, 6.45) is 3.27. The van der Waals surface area contributed by atoms with E-state index in [1.165, 1.54) is 6.33 Å². The van der Waals surface area contributed by atoms with Crippen molar-refractivity contribution in [1.82, 2.24) is 19.7 Å². The molecule has 96 valence electrons. The number of hydrogen-bond acceptors (Lipinski definition) is 6. The van der Waals surface area contributed by atoms with Crippen molar-refractivity contribution in [1.29, 1.82) is 0 Å². The molecular weight excluding hydrogens is 232 g/mol. The lowest BCUT2D eigenvalue weighted by Gasteiger charge is -2.10. The van der Waals surface area contributed by atoms with Crippen molar-refractivity contribution in [3.8, 4) is 5.88 Å². The van der Waals surface area contributed by atoms with Crippen LogP contribution in [0.4, 0.5) is 17.2 Å². The number of nitrogens with two attached hydrogens (primary N) is 1. The molecule has 0 spiro atoms. The fraction of sp³-hybridized carbons (Fsp3) is 0.364. The summed E-state index contributed by atoms with van der Waals surface area (Å²) in [5.74, 6) is 0.904. The molecule has 0 atom stereocenters. The van der Waals surface area contributed by atoms with E-state index in [1.54, 1.807) is 4.68 Å². The Hall–Kier alpha value is -2.31. The molecule has 0 aliphatic heterocycles. The second kappa shape index (κ2) is 4.91. The smallest absolute Gasteiger partial charge is 0.242 e. The van der Waals surface area contributed by atoms with Crippen molar-refractivity contribution in [2.75, 3.05) is 17.7 Å². The molecule has 2 aromatic rings. The Morgan fingerprint density at radius 2 is 2.22 bits per heavy atom. The molecule has 7 heteroatoms. The Balaban J connectivity index is 2.29. The molecule has 2 aromatic heterocycles. The summed E-state index contributed by atoms with van der Waals surface area (Å²) in [6, 6.07) is 0. The number of aryl methyl sites for hydroxylation is 2. The van der Waals surface area contributed by atoms with Crippen molar-refractivity contribution in [3.05, 3.63) is 18.2 Å². The minimum Gasteiger partial charge on any atom is -0.476 e. The van der Waals surface area contributed by atoms with Gasteiger partial charge in [-0.15, -0.1) is 0 Å². The first-order valence-electron chi connectivity index (χ1n) is 5.62. The lowest BCUT2D eigenvalue weighted by Crippen LogP contribution is -2.05. The monoisotopic (exact) mass is 248 g/mol. The van der Waals surface area contributed by atoms with Crippen molar-refractivity contribution in [2.24, 2.45) is 7.05 Å². The highest BCUT2D eigenvalue weighted by Gasteiger charge is 2.11. The molecule has 0 bridgehead atoms. The lowest BCUT2D eigenvalue weighted by atomic mass is 10.4. The van der Waals surface area contributed by atoms with Gasteiger partial charge in [0.1, 0.15) is 12.0 Å². The maximum atomic E-state index is 5.93. The van der Waals surface area contributed by atoms with Gasteiger partial charge in [-0.1, -0.05) is 0 Å². The summed E-state index contributed by atoms with van der Waals surface area (Å²) in [7, 11) is 1.85. The normalized spacial score (nSPS) is 10.4. The molecule has 0 saturated heterocycles. The number of anilines is 3. The second-order valence-corrected chi connectivity index (χ2v) is 3.80. The van der Waals surface area contributed by atoms with Crippen molar-refractivity contribution >= 4 is 17.2 Å². The summed E-state index contributed by atoms with van der Waals surface area (Å²) >= 11 is 0. The molecule has 0 amide bonds. The Morgan fingerprint density at radius 3 is 2.83 bits per heavy atom. The van der Waals surface area contributed by atoms with Crippen LogP contribution in [-0.2, 0) is 7.05 Å². The van der Waals surface area contributed by atoms with Crippen LogP contribution in [0.5, 0.6) is 5.88 Å². The number of nitrogens with one attached hydrogen (secondary N) is 1. The summed E-state index contributed by atoms with van der Waals surface area (Å²) in [4.78, 5) is 8.08. The van der Waals surface area contributed by atoms with Crippen LogP contribution in [0.15, 0.2) is 12.5 Å². The predicted molar refractivity (Wildman–Crippen MR) is 68.8 cm³/mol. The molecule has 0 aliphatic carbocycles. The maximum Gasteiger partial charge on any atom is 0.242 e. The van der Waals surface area contributed by atoms with E-state index in [0.29, 0.717) is 24.0 Å². The zero-order chi connectivity index (χ0) is 13.1. The number of nitrogens with zero attached hydrogens (tertiary/aromatic N) is 4. The molecule has 0 unspecified atom stereocenters. The fourth-order valence-corrected chi connectivity index (χ4v) is 1.58. The van der Waals surface area contributed by atoms with E-state index in [9.17, 15) is 0 Å². The molecule has 0 radical (unpaired) electrons. The van der Waals surface area contributed by atoms with Crippen molar-refractivity contribution in [3.63, 3.8) is 0 Å². The van der Waals surface area contributed by atoms with Gasteiger partial charge in [-0.2, -0.15) is 10.1 Å². The van der Waals surface area contributed by atoms with Gasteiger partial charge in [0.05, 0.1) is 18.0 Å². The summed E-state index contributed by atoms with van der Waals surface area (Å²) in [5, 5.41) is 7.36. The van der Waals surface area contributed by atoms with Crippen molar-refractivity contribution in [2.45, 2.75) is 13.8 Å². The quantitative estimate of drug-likeness (QED) is 0.846. The number of hydrogen-bond donors (Lipinski definition) is 2. The minimum atomic E-state index is 0.386. The second-order valence-electron chi connectivity index (χ2n) is 3.80. The molecular formula is C11H16N6O. The van der Waals surface area contributed by atoms with Gasteiger partial charge in [-0.3, -0.25) is 4.68 Å². The average molecular weight is 248 g/mol. The molecule has 0 saturated carbocycles. The highest BCUT2D eigenvalue weighted by atomic mass is 16.5. The van der Waals surface area contributed by atoms with Crippen LogP contribution in [0, 0.1) is 6.92 Å². The third kappa shape index (κ3) is 2.34. The summed E-state index contributed by atoms with van der Waals surface area (Å²) in [6.45, 7) is 4.29. The summed E-state index contributed by atoms with van der Waals surface area (Å²) in [5.41, 5.74) is 8.05. The van der Waals surface area contributed by atoms with Crippen LogP contribution < -0.4 is 15.8 Å². The van der Waals surface area contributed by atoms with Crippen LogP contribution in [0.1, 0.15) is 12.6 Å². The summed E-state index contributed by atoms with van der Waals surface area (Å²) < 4.78 is 7.03. The van der Waals surface area contributed by atoms with Crippen molar-refractivity contribution < 1.29 is 4.74 Å². The number of aromatic nitrogens is 4. The Bertz CT molecular complexity index is 550. The zero-order valence-corrected chi connectivity index (χ0v) is 10.6. The highest BCUT2D eigenvalue weighted by Crippen LogP contribution is 2.28. The van der Waals surface area contributed by atoms with Gasteiger partial charge in [0, 0.05) is 13.2 Å². The van der Waals surface area contributed by atoms with Gasteiger partial charge in [0.25, 0.3) is 0 Å². The van der Waals surface area contributed by atoms with Gasteiger partial charge in [-0.05, 0) is 13.8 Å². The molecule has 3 N–H and O–H groups in total. The third-order valence-corrected chi connectivity index (χ3v) is 2.39. The predicted octanol–water partition coefficient (Wildman–Crippen LogP) is 1.24. The average Bonchev–Trinajstić information content (AvgIpc) is 2.63. The topological polar surface area (TPSA) is 90.9 Å². The van der Waals surface area contributed by atoms with E-state index >= 15 is 0 Å². The van der Waals surface area contributed by atoms with Crippen LogP contribution in [0.25, 0.3) is 0 Å². The Kier molecular flexibility index (Phi) is 3.31. The molecule has 7 nitrogen and oxygen atoms in total. The Morgan fingerprint density at radius 1 is 1.44 bits per heavy atom. The molecule has 0 aliphatic rings. The first kappa shape index (κ1) is 12.2. The molecule has 0 aromatic carbocycles. The van der Waals surface area contributed by atoms with E-state index in [4.69, 9.17) is 10.5 Å². The first-order valence-corrected chi connectivity index (χ1v) is 5.62. The van der Waals surface area contributed by atoms with Crippen LogP contribution in [0.2, 0.25) is 0 Å². The molecule has 0 fully saturated rings. The van der Waals surface area contributed by atoms with Gasteiger partial charge < -0.3 is 15.8 Å². The standard InChI is InChI=1S/C11H16N6O/c1-4-18-11-9(12)10(13-6-14-11)15-8-5-17(3)16-7(8)2/h5-6H,4,12H2,1-3H3,(H,13,14,15). The molecule has 18 heavy (non-hydrogen) atoms. The third-order valence-electron chi connectivity index (χ3n) is 2.39. The van der Waals surface area contributed by atoms with Gasteiger partial charge in [0.15, 0.2) is 5.82 Å². The van der Waals surface area contributed by atoms with E-state index < -0.39 is 0 Å². The number of ether oxygens (including phenoxy) is 1. The minimum absolute atomic E-state index is 0.386. The zero-order valence-electron chi connectivity index (χ0n) is 10.6. The van der Waals surface area contributed by atoms with E-state index in [1.807, 2.05) is 27.1 Å².